The Balaban J connectivity index is 1.83. The summed E-state index contributed by atoms with van der Waals surface area (Å²) >= 11 is 0. The topological polar surface area (TPSA) is 29.3 Å². The van der Waals surface area contributed by atoms with Crippen LogP contribution in [0.15, 0.2) is 0 Å². The first kappa shape index (κ1) is 8.45. The fraction of sp³-hybridized carbons (Fsp3) is 1.00. The Bertz CT molecular complexity index is 160. The zero-order valence-electron chi connectivity index (χ0n) is 7.43. The highest BCUT2D eigenvalue weighted by atomic mass is 19.1. The third-order valence-electron chi connectivity index (χ3n) is 3.12. The van der Waals surface area contributed by atoms with Gasteiger partial charge in [0.2, 0.25) is 0 Å². The molecule has 0 amide bonds. The predicted octanol–water partition coefficient (Wildman–Crippen LogP) is 0.912. The van der Waals surface area contributed by atoms with Crippen molar-refractivity contribution in [3.8, 4) is 0 Å². The molecule has 70 valence electrons. The van der Waals surface area contributed by atoms with Crippen LogP contribution in [-0.4, -0.2) is 36.2 Å². The van der Waals surface area contributed by atoms with E-state index < -0.39 is 5.67 Å². The molecule has 1 heterocycles. The summed E-state index contributed by atoms with van der Waals surface area (Å²) in [6.07, 6.45) is 3.92. The largest absolute Gasteiger partial charge is 0.328 e. The molecule has 0 bridgehead atoms. The van der Waals surface area contributed by atoms with Crippen molar-refractivity contribution in [2.24, 2.45) is 5.73 Å². The van der Waals surface area contributed by atoms with Crippen LogP contribution < -0.4 is 5.73 Å². The fourth-order valence-corrected chi connectivity index (χ4v) is 1.93. The molecule has 0 radical (unpaired) electrons. The van der Waals surface area contributed by atoms with Gasteiger partial charge in [-0.3, -0.25) is 0 Å². The number of likely N-dealkylation sites (tertiary alicyclic amines) is 1. The summed E-state index contributed by atoms with van der Waals surface area (Å²) < 4.78 is 13.6. The number of nitrogens with zero attached hydrogens (tertiary/aromatic N) is 1. The maximum absolute atomic E-state index is 13.6. The number of piperidine rings is 1. The van der Waals surface area contributed by atoms with Crippen molar-refractivity contribution in [3.05, 3.63) is 0 Å². The molecular formula is C9H17FN2. The molecule has 1 saturated heterocycles. The van der Waals surface area contributed by atoms with Crippen molar-refractivity contribution in [2.45, 2.75) is 37.4 Å². The molecule has 0 aromatic rings. The minimum atomic E-state index is -1.05. The van der Waals surface area contributed by atoms with Gasteiger partial charge < -0.3 is 10.6 Å². The molecule has 1 aliphatic heterocycles. The molecule has 0 unspecified atom stereocenters. The van der Waals surface area contributed by atoms with Crippen molar-refractivity contribution >= 4 is 0 Å². The lowest BCUT2D eigenvalue weighted by molar-refractivity contribution is 0.0619. The van der Waals surface area contributed by atoms with Crippen LogP contribution in [-0.2, 0) is 0 Å². The molecule has 0 aromatic carbocycles. The van der Waals surface area contributed by atoms with E-state index in [4.69, 9.17) is 5.73 Å². The van der Waals surface area contributed by atoms with Crippen LogP contribution >= 0.6 is 0 Å². The van der Waals surface area contributed by atoms with Gasteiger partial charge in [0.25, 0.3) is 0 Å². The van der Waals surface area contributed by atoms with E-state index in [2.05, 4.69) is 4.90 Å². The highest BCUT2D eigenvalue weighted by molar-refractivity contribution is 4.93. The standard InChI is InChI=1S/C9H17FN2/c10-9(7-11)3-5-12(6-4-9)8-1-2-8/h8H,1-7,11H2. The molecule has 0 aromatic heterocycles. The van der Waals surface area contributed by atoms with E-state index in [0.717, 1.165) is 19.1 Å². The second-order valence-electron chi connectivity index (χ2n) is 4.12. The lowest BCUT2D eigenvalue weighted by atomic mass is 9.93. The van der Waals surface area contributed by atoms with Gasteiger partial charge >= 0.3 is 0 Å². The maximum atomic E-state index is 13.6. The Labute approximate surface area is 72.9 Å². The first-order chi connectivity index (χ1) is 5.73. The number of hydrogen-bond acceptors (Lipinski definition) is 2. The van der Waals surface area contributed by atoms with Crippen LogP contribution in [0.5, 0.6) is 0 Å². The molecular weight excluding hydrogens is 155 g/mol. The molecule has 2 fully saturated rings. The molecule has 2 nitrogen and oxygen atoms in total. The van der Waals surface area contributed by atoms with E-state index in [1.807, 2.05) is 0 Å². The Kier molecular flexibility index (Phi) is 2.09. The number of alkyl halides is 1. The highest BCUT2D eigenvalue weighted by Gasteiger charge is 2.38. The van der Waals surface area contributed by atoms with Gasteiger partial charge in [0, 0.05) is 25.7 Å². The predicted molar refractivity (Wildman–Crippen MR) is 46.7 cm³/mol. The fourth-order valence-electron chi connectivity index (χ4n) is 1.93. The van der Waals surface area contributed by atoms with Crippen LogP contribution in [0, 0.1) is 0 Å². The van der Waals surface area contributed by atoms with Gasteiger partial charge in [-0.1, -0.05) is 0 Å². The first-order valence-electron chi connectivity index (χ1n) is 4.87. The van der Waals surface area contributed by atoms with E-state index in [9.17, 15) is 4.39 Å². The Morgan fingerprint density at radius 1 is 1.33 bits per heavy atom. The van der Waals surface area contributed by atoms with Crippen molar-refractivity contribution in [1.29, 1.82) is 0 Å². The van der Waals surface area contributed by atoms with Gasteiger partial charge in [-0.15, -0.1) is 0 Å². The van der Waals surface area contributed by atoms with Crippen molar-refractivity contribution in [3.63, 3.8) is 0 Å². The number of halogens is 1. The summed E-state index contributed by atoms with van der Waals surface area (Å²) in [6.45, 7) is 2.03. The summed E-state index contributed by atoms with van der Waals surface area (Å²) in [5.41, 5.74) is 4.33. The van der Waals surface area contributed by atoms with Crippen LogP contribution in [0.3, 0.4) is 0 Å². The van der Waals surface area contributed by atoms with E-state index in [0.29, 0.717) is 12.8 Å². The van der Waals surface area contributed by atoms with E-state index in [1.165, 1.54) is 12.8 Å². The monoisotopic (exact) mass is 172 g/mol. The Morgan fingerprint density at radius 3 is 2.33 bits per heavy atom. The lowest BCUT2D eigenvalue weighted by Crippen LogP contribution is -2.46. The minimum Gasteiger partial charge on any atom is -0.328 e. The van der Waals surface area contributed by atoms with Crippen LogP contribution in [0.4, 0.5) is 4.39 Å². The van der Waals surface area contributed by atoms with E-state index in [1.54, 1.807) is 0 Å². The number of hydrogen-bond donors (Lipinski definition) is 1. The average Bonchev–Trinajstić information content (AvgIpc) is 2.89. The molecule has 1 aliphatic carbocycles. The zero-order valence-corrected chi connectivity index (χ0v) is 7.43. The SMILES string of the molecule is NCC1(F)CCN(C2CC2)CC1. The lowest BCUT2D eigenvalue weighted by Gasteiger charge is -2.35. The molecule has 2 rings (SSSR count). The third kappa shape index (κ3) is 1.62. The molecule has 3 heteroatoms. The van der Waals surface area contributed by atoms with Crippen molar-refractivity contribution in [2.75, 3.05) is 19.6 Å². The Hall–Kier alpha value is -0.150. The quantitative estimate of drug-likeness (QED) is 0.671. The van der Waals surface area contributed by atoms with Gasteiger partial charge in [0.1, 0.15) is 5.67 Å². The molecule has 1 saturated carbocycles. The number of rotatable bonds is 2. The molecule has 0 spiro atoms. The van der Waals surface area contributed by atoms with Gasteiger partial charge in [0.05, 0.1) is 0 Å². The second kappa shape index (κ2) is 2.96. The third-order valence-corrected chi connectivity index (χ3v) is 3.12. The molecule has 0 atom stereocenters. The second-order valence-corrected chi connectivity index (χ2v) is 4.12. The normalized spacial score (nSPS) is 30.5. The van der Waals surface area contributed by atoms with Crippen LogP contribution in [0.1, 0.15) is 25.7 Å². The van der Waals surface area contributed by atoms with Crippen molar-refractivity contribution < 1.29 is 4.39 Å². The van der Waals surface area contributed by atoms with E-state index in [-0.39, 0.29) is 6.54 Å². The molecule has 2 N–H and O–H groups in total. The van der Waals surface area contributed by atoms with Gasteiger partial charge in [-0.2, -0.15) is 0 Å². The highest BCUT2D eigenvalue weighted by Crippen LogP contribution is 2.33. The van der Waals surface area contributed by atoms with Crippen LogP contribution in [0.2, 0.25) is 0 Å². The summed E-state index contributed by atoms with van der Waals surface area (Å²) in [4.78, 5) is 2.41. The minimum absolute atomic E-state index is 0.200. The average molecular weight is 172 g/mol. The summed E-state index contributed by atoms with van der Waals surface area (Å²) in [6, 6.07) is 0.785. The van der Waals surface area contributed by atoms with Gasteiger partial charge in [0.15, 0.2) is 0 Å². The van der Waals surface area contributed by atoms with Crippen LogP contribution in [0.25, 0.3) is 0 Å². The smallest absolute Gasteiger partial charge is 0.125 e. The number of nitrogens with two attached hydrogens (primary N) is 1. The van der Waals surface area contributed by atoms with E-state index >= 15 is 0 Å². The van der Waals surface area contributed by atoms with Crippen molar-refractivity contribution in [1.82, 2.24) is 4.90 Å². The Morgan fingerprint density at radius 2 is 1.92 bits per heavy atom. The summed E-state index contributed by atoms with van der Waals surface area (Å²) in [5.74, 6) is 0. The first-order valence-corrected chi connectivity index (χ1v) is 4.87. The molecule has 12 heavy (non-hydrogen) atoms. The maximum Gasteiger partial charge on any atom is 0.125 e. The zero-order chi connectivity index (χ0) is 8.60. The van der Waals surface area contributed by atoms with Gasteiger partial charge in [-0.25, -0.2) is 4.39 Å². The molecule has 2 aliphatic rings. The summed E-state index contributed by atoms with van der Waals surface area (Å²) in [5, 5.41) is 0. The summed E-state index contributed by atoms with van der Waals surface area (Å²) in [7, 11) is 0. The van der Waals surface area contributed by atoms with Gasteiger partial charge in [-0.05, 0) is 25.7 Å².